The molecular weight excluding hydrogens is 339 g/mol. The molecule has 0 N–H and O–H groups in total. The molecule has 0 fully saturated rings. The van der Waals surface area contributed by atoms with Gasteiger partial charge in [-0.3, -0.25) is 0 Å². The van der Waals surface area contributed by atoms with Gasteiger partial charge in [0, 0.05) is 8.95 Å². The van der Waals surface area contributed by atoms with Crippen molar-refractivity contribution in [2.45, 2.75) is 32.6 Å². The van der Waals surface area contributed by atoms with Crippen molar-refractivity contribution in [2.75, 3.05) is 0 Å². The third-order valence-corrected chi connectivity index (χ3v) is 4.87. The van der Waals surface area contributed by atoms with E-state index in [1.54, 1.807) is 0 Å². The lowest BCUT2D eigenvalue weighted by molar-refractivity contribution is 0.335. The highest BCUT2D eigenvalue weighted by Crippen LogP contribution is 2.44. The SMILES string of the molecule is CCC(C)(C)C(Cl)c1cc(Br)ccc1Br. The fourth-order valence-corrected chi connectivity index (χ4v) is 2.63. The van der Waals surface area contributed by atoms with Gasteiger partial charge < -0.3 is 0 Å². The van der Waals surface area contributed by atoms with Gasteiger partial charge in [0.05, 0.1) is 5.38 Å². The van der Waals surface area contributed by atoms with E-state index in [4.69, 9.17) is 11.6 Å². The van der Waals surface area contributed by atoms with Crippen molar-refractivity contribution in [1.82, 2.24) is 0 Å². The zero-order valence-electron chi connectivity index (χ0n) is 9.15. The highest BCUT2D eigenvalue weighted by Gasteiger charge is 2.28. The van der Waals surface area contributed by atoms with Crippen molar-refractivity contribution in [3.63, 3.8) is 0 Å². The van der Waals surface area contributed by atoms with E-state index in [1.165, 1.54) is 0 Å². The van der Waals surface area contributed by atoms with Gasteiger partial charge in [0.2, 0.25) is 0 Å². The Bertz CT molecular complexity index is 347. The highest BCUT2D eigenvalue weighted by atomic mass is 79.9. The molecule has 1 aromatic carbocycles. The van der Waals surface area contributed by atoms with Crippen LogP contribution in [0, 0.1) is 5.41 Å². The molecule has 0 aliphatic rings. The molecule has 1 aromatic rings. The van der Waals surface area contributed by atoms with Gasteiger partial charge in [0.1, 0.15) is 0 Å². The van der Waals surface area contributed by atoms with Gasteiger partial charge in [-0.15, -0.1) is 11.6 Å². The first-order valence-electron chi connectivity index (χ1n) is 4.97. The van der Waals surface area contributed by atoms with Gasteiger partial charge in [0.15, 0.2) is 0 Å². The average Bonchev–Trinajstić information content (AvgIpc) is 2.20. The summed E-state index contributed by atoms with van der Waals surface area (Å²) >= 11 is 13.5. The zero-order chi connectivity index (χ0) is 11.6. The Morgan fingerprint density at radius 2 is 1.93 bits per heavy atom. The van der Waals surface area contributed by atoms with Crippen molar-refractivity contribution in [3.05, 3.63) is 32.7 Å². The van der Waals surface area contributed by atoms with E-state index in [1.807, 2.05) is 12.1 Å². The molecule has 0 aliphatic heterocycles. The normalized spacial score (nSPS) is 14.0. The number of halogens is 3. The first kappa shape index (κ1) is 13.5. The van der Waals surface area contributed by atoms with Crippen LogP contribution in [0.4, 0.5) is 0 Å². The molecule has 0 spiro atoms. The molecule has 1 atom stereocenters. The molecule has 0 bridgehead atoms. The standard InChI is InChI=1S/C12H15Br2Cl/c1-4-12(2,3)11(15)9-7-8(13)5-6-10(9)14/h5-7,11H,4H2,1-3H3. The predicted octanol–water partition coefficient (Wildman–Crippen LogP) is 5.93. The summed E-state index contributed by atoms with van der Waals surface area (Å²) in [7, 11) is 0. The van der Waals surface area contributed by atoms with E-state index in [9.17, 15) is 0 Å². The second-order valence-corrected chi connectivity index (χ2v) is 6.58. The average molecular weight is 355 g/mol. The molecule has 0 radical (unpaired) electrons. The maximum atomic E-state index is 6.52. The molecule has 1 unspecified atom stereocenters. The Hall–Kier alpha value is 0.470. The lowest BCUT2D eigenvalue weighted by atomic mass is 9.83. The molecule has 15 heavy (non-hydrogen) atoms. The van der Waals surface area contributed by atoms with Crippen molar-refractivity contribution >= 4 is 43.5 Å². The maximum Gasteiger partial charge on any atom is 0.0647 e. The lowest BCUT2D eigenvalue weighted by Crippen LogP contribution is -2.17. The van der Waals surface area contributed by atoms with E-state index in [0.29, 0.717) is 0 Å². The summed E-state index contributed by atoms with van der Waals surface area (Å²) in [4.78, 5) is 0. The lowest BCUT2D eigenvalue weighted by Gasteiger charge is -2.29. The maximum absolute atomic E-state index is 6.52. The minimum Gasteiger partial charge on any atom is -0.117 e. The Morgan fingerprint density at radius 3 is 2.47 bits per heavy atom. The molecule has 0 aromatic heterocycles. The zero-order valence-corrected chi connectivity index (χ0v) is 13.1. The van der Waals surface area contributed by atoms with Gasteiger partial charge in [-0.25, -0.2) is 0 Å². The third kappa shape index (κ3) is 3.21. The van der Waals surface area contributed by atoms with E-state index in [-0.39, 0.29) is 10.8 Å². The van der Waals surface area contributed by atoms with E-state index in [2.05, 4.69) is 58.7 Å². The number of rotatable bonds is 3. The van der Waals surface area contributed by atoms with Gasteiger partial charge in [-0.2, -0.15) is 0 Å². The molecular formula is C12H15Br2Cl. The molecule has 0 aliphatic carbocycles. The van der Waals surface area contributed by atoms with Gasteiger partial charge >= 0.3 is 0 Å². The topological polar surface area (TPSA) is 0 Å². The molecule has 0 saturated carbocycles. The molecule has 0 heterocycles. The number of hydrogen-bond acceptors (Lipinski definition) is 0. The van der Waals surface area contributed by atoms with Crippen molar-refractivity contribution < 1.29 is 0 Å². The van der Waals surface area contributed by atoms with Crippen LogP contribution < -0.4 is 0 Å². The van der Waals surface area contributed by atoms with Crippen LogP contribution in [-0.2, 0) is 0 Å². The predicted molar refractivity (Wildman–Crippen MR) is 74.5 cm³/mol. The van der Waals surface area contributed by atoms with Crippen LogP contribution in [0.2, 0.25) is 0 Å². The number of benzene rings is 1. The van der Waals surface area contributed by atoms with Crippen LogP contribution in [-0.4, -0.2) is 0 Å². The summed E-state index contributed by atoms with van der Waals surface area (Å²) in [6, 6.07) is 6.12. The molecule has 0 amide bonds. The van der Waals surface area contributed by atoms with Gasteiger partial charge in [-0.1, -0.05) is 52.6 Å². The second-order valence-electron chi connectivity index (χ2n) is 4.37. The van der Waals surface area contributed by atoms with Crippen LogP contribution in [0.15, 0.2) is 27.1 Å². The van der Waals surface area contributed by atoms with Crippen LogP contribution in [0.5, 0.6) is 0 Å². The number of alkyl halides is 1. The molecule has 0 saturated heterocycles. The summed E-state index contributed by atoms with van der Waals surface area (Å²) in [5.41, 5.74) is 1.25. The first-order chi connectivity index (χ1) is 6.88. The fraction of sp³-hybridized carbons (Fsp3) is 0.500. The molecule has 3 heteroatoms. The summed E-state index contributed by atoms with van der Waals surface area (Å²) in [5, 5.41) is 0.0226. The Balaban J connectivity index is 3.10. The van der Waals surface area contributed by atoms with Crippen LogP contribution in [0.1, 0.15) is 38.1 Å². The van der Waals surface area contributed by atoms with Crippen LogP contribution >= 0.6 is 43.5 Å². The van der Waals surface area contributed by atoms with Gasteiger partial charge in [0.25, 0.3) is 0 Å². The fourth-order valence-electron chi connectivity index (χ4n) is 1.31. The Kier molecular flexibility index (Phi) is 4.69. The molecule has 0 nitrogen and oxygen atoms in total. The minimum atomic E-state index is 0.0226. The molecule has 1 rings (SSSR count). The van der Waals surface area contributed by atoms with E-state index in [0.717, 1.165) is 20.9 Å². The summed E-state index contributed by atoms with van der Waals surface area (Å²) < 4.78 is 2.14. The monoisotopic (exact) mass is 352 g/mol. The quantitative estimate of drug-likeness (QED) is 0.590. The van der Waals surface area contributed by atoms with E-state index < -0.39 is 0 Å². The van der Waals surface area contributed by atoms with Crippen molar-refractivity contribution in [3.8, 4) is 0 Å². The van der Waals surface area contributed by atoms with Crippen molar-refractivity contribution in [1.29, 1.82) is 0 Å². The summed E-state index contributed by atoms with van der Waals surface area (Å²) in [6.07, 6.45) is 1.06. The first-order valence-corrected chi connectivity index (χ1v) is 6.99. The Labute approximate surface area is 114 Å². The highest BCUT2D eigenvalue weighted by molar-refractivity contribution is 9.11. The van der Waals surface area contributed by atoms with Crippen molar-refractivity contribution in [2.24, 2.45) is 5.41 Å². The third-order valence-electron chi connectivity index (χ3n) is 2.83. The van der Waals surface area contributed by atoms with Crippen LogP contribution in [0.25, 0.3) is 0 Å². The summed E-state index contributed by atoms with van der Waals surface area (Å²) in [5.74, 6) is 0. The second kappa shape index (κ2) is 5.20. The smallest absolute Gasteiger partial charge is 0.0647 e. The molecule has 84 valence electrons. The largest absolute Gasteiger partial charge is 0.117 e. The van der Waals surface area contributed by atoms with E-state index >= 15 is 0 Å². The summed E-state index contributed by atoms with van der Waals surface area (Å²) in [6.45, 7) is 6.55. The minimum absolute atomic E-state index is 0.0226. The Morgan fingerprint density at radius 1 is 1.33 bits per heavy atom. The number of hydrogen-bond donors (Lipinski definition) is 0. The van der Waals surface area contributed by atoms with Gasteiger partial charge in [-0.05, 0) is 35.6 Å². The van der Waals surface area contributed by atoms with Crippen LogP contribution in [0.3, 0.4) is 0 Å².